The van der Waals surface area contributed by atoms with Gasteiger partial charge >= 0.3 is 0 Å². The number of hydrogen-bond donors (Lipinski definition) is 1. The Kier molecular flexibility index (Phi) is 5.58. The van der Waals surface area contributed by atoms with Crippen molar-refractivity contribution in [3.8, 4) is 28.3 Å². The number of nitrogens with zero attached hydrogens (tertiary/aromatic N) is 1. The molecular formula is C29H28BN2O2P. The number of hydrogen-bond acceptors (Lipinski definition) is 3. The summed E-state index contributed by atoms with van der Waals surface area (Å²) in [5.74, 6) is 0. The van der Waals surface area contributed by atoms with Crippen LogP contribution in [0.15, 0.2) is 61.2 Å². The maximum atomic E-state index is 6.53. The second-order valence-electron chi connectivity index (χ2n) is 9.79. The molecule has 3 aromatic carbocycles. The quantitative estimate of drug-likeness (QED) is 0.283. The van der Waals surface area contributed by atoms with Crippen molar-refractivity contribution >= 4 is 39.5 Å². The number of nitrogens with one attached hydrogen (secondary N) is 1. The highest BCUT2D eigenvalue weighted by Gasteiger charge is 2.50. The van der Waals surface area contributed by atoms with Crippen LogP contribution in [-0.2, 0) is 4.74 Å². The number of rotatable bonds is 5. The molecule has 2 aliphatic rings. The summed E-state index contributed by atoms with van der Waals surface area (Å²) in [6, 6.07) is 19.8. The highest BCUT2D eigenvalue weighted by atomic mass is 31.0. The van der Waals surface area contributed by atoms with Gasteiger partial charge in [-0.2, -0.15) is 4.98 Å². The van der Waals surface area contributed by atoms with E-state index < -0.39 is 0 Å². The molecule has 4 atom stereocenters. The lowest BCUT2D eigenvalue weighted by molar-refractivity contribution is 0.0181. The molecule has 1 aliphatic carbocycles. The van der Waals surface area contributed by atoms with Gasteiger partial charge in [0.15, 0.2) is 0 Å². The molecule has 2 heterocycles. The molecule has 1 N–H and O–H groups in total. The van der Waals surface area contributed by atoms with Gasteiger partial charge in [-0.05, 0) is 70.9 Å². The number of benzene rings is 3. The zero-order chi connectivity index (χ0) is 24.2. The number of aryl methyl sites for hydroxylation is 1. The Morgan fingerprint density at radius 2 is 1.80 bits per heavy atom. The van der Waals surface area contributed by atoms with Crippen molar-refractivity contribution < 1.29 is 9.47 Å². The van der Waals surface area contributed by atoms with Gasteiger partial charge in [-0.15, -0.1) is 9.24 Å². The third kappa shape index (κ3) is 3.91. The molecule has 0 amide bonds. The van der Waals surface area contributed by atoms with E-state index in [9.17, 15) is 0 Å². The molecule has 3 unspecified atom stereocenters. The molecule has 0 spiro atoms. The highest BCUT2D eigenvalue weighted by Crippen LogP contribution is 2.51. The fourth-order valence-electron chi connectivity index (χ4n) is 5.63. The van der Waals surface area contributed by atoms with Crippen molar-refractivity contribution in [1.82, 2.24) is 9.97 Å². The highest BCUT2D eigenvalue weighted by molar-refractivity contribution is 7.29. The lowest BCUT2D eigenvalue weighted by Crippen LogP contribution is -2.32. The third-order valence-corrected chi connectivity index (χ3v) is 8.13. The smallest absolute Gasteiger partial charge is 0.295 e. The van der Waals surface area contributed by atoms with Crippen LogP contribution >= 0.6 is 9.24 Å². The summed E-state index contributed by atoms with van der Waals surface area (Å²) in [4.78, 5) is 8.18. The predicted octanol–water partition coefficient (Wildman–Crippen LogP) is 6.01. The summed E-state index contributed by atoms with van der Waals surface area (Å²) in [7, 11) is 9.42. The Labute approximate surface area is 209 Å². The molecule has 1 aliphatic heterocycles. The van der Waals surface area contributed by atoms with E-state index in [1.165, 1.54) is 22.3 Å². The summed E-state index contributed by atoms with van der Waals surface area (Å²) in [6.45, 7) is 6.67. The Hall–Kier alpha value is -2.88. The molecule has 2 fully saturated rings. The van der Waals surface area contributed by atoms with Crippen molar-refractivity contribution in [1.29, 1.82) is 0 Å². The first-order valence-electron chi connectivity index (χ1n) is 12.1. The fraction of sp³-hybridized carbons (Fsp3) is 0.276. The lowest BCUT2D eigenvalue weighted by atomic mass is 9.65. The maximum Gasteiger partial charge on any atom is 0.295 e. The SMILES string of the molecule is [B]C12CCOC1[C@H](Oc1nc3c(P)c(-c4ccc(-c5ccc(C=C)cc5)cc4)c(C)cc3[nH]1)CC2. The Balaban J connectivity index is 1.29. The van der Waals surface area contributed by atoms with E-state index in [1.807, 2.05) is 6.08 Å². The predicted molar refractivity (Wildman–Crippen MR) is 148 cm³/mol. The Morgan fingerprint density at radius 3 is 2.51 bits per heavy atom. The van der Waals surface area contributed by atoms with Gasteiger partial charge in [-0.1, -0.05) is 61.2 Å². The van der Waals surface area contributed by atoms with Crippen LogP contribution in [0.25, 0.3) is 39.4 Å². The van der Waals surface area contributed by atoms with Gasteiger partial charge in [-0.25, -0.2) is 0 Å². The van der Waals surface area contributed by atoms with Crippen LogP contribution in [0.2, 0.25) is 5.31 Å². The maximum absolute atomic E-state index is 6.53. The van der Waals surface area contributed by atoms with Crippen LogP contribution in [0, 0.1) is 6.92 Å². The average Bonchev–Trinajstić information content (AvgIpc) is 3.53. The zero-order valence-corrected chi connectivity index (χ0v) is 21.0. The van der Waals surface area contributed by atoms with Crippen LogP contribution in [0.5, 0.6) is 6.01 Å². The topological polar surface area (TPSA) is 47.1 Å². The number of aromatic nitrogens is 2. The molecule has 4 aromatic rings. The van der Waals surface area contributed by atoms with Gasteiger partial charge in [-0.3, -0.25) is 0 Å². The van der Waals surface area contributed by atoms with Crippen LogP contribution in [-0.4, -0.2) is 36.6 Å². The summed E-state index contributed by atoms with van der Waals surface area (Å²) in [5.41, 5.74) is 8.88. The van der Waals surface area contributed by atoms with Gasteiger partial charge in [0.1, 0.15) is 6.10 Å². The first-order valence-corrected chi connectivity index (χ1v) is 12.7. The second kappa shape index (κ2) is 8.66. The summed E-state index contributed by atoms with van der Waals surface area (Å²) < 4.78 is 12.2. The van der Waals surface area contributed by atoms with E-state index in [2.05, 4.69) is 82.3 Å². The fourth-order valence-corrected chi connectivity index (χ4v) is 6.24. The molecular weight excluding hydrogens is 450 g/mol. The van der Waals surface area contributed by atoms with Crippen molar-refractivity contribution in [3.63, 3.8) is 0 Å². The zero-order valence-electron chi connectivity index (χ0n) is 19.9. The largest absolute Gasteiger partial charge is 0.459 e. The second-order valence-corrected chi connectivity index (χ2v) is 10.4. The molecule has 1 saturated carbocycles. The molecule has 174 valence electrons. The van der Waals surface area contributed by atoms with Gasteiger partial charge < -0.3 is 14.5 Å². The molecule has 6 rings (SSSR count). The first-order chi connectivity index (χ1) is 16.9. The molecule has 0 bridgehead atoms. The first kappa shape index (κ1) is 22.6. The van der Waals surface area contributed by atoms with Crippen LogP contribution < -0.4 is 10.0 Å². The van der Waals surface area contributed by atoms with E-state index in [4.69, 9.17) is 22.3 Å². The van der Waals surface area contributed by atoms with Crippen LogP contribution in [0.3, 0.4) is 0 Å². The molecule has 35 heavy (non-hydrogen) atoms. The average molecular weight is 478 g/mol. The Bertz CT molecular complexity index is 1410. The van der Waals surface area contributed by atoms with Gasteiger partial charge in [0.25, 0.3) is 6.01 Å². The summed E-state index contributed by atoms with van der Waals surface area (Å²) in [5, 5.41) is 0.803. The monoisotopic (exact) mass is 478 g/mol. The van der Waals surface area contributed by atoms with E-state index in [-0.39, 0.29) is 17.5 Å². The third-order valence-electron chi connectivity index (χ3n) is 7.57. The Morgan fingerprint density at radius 1 is 1.11 bits per heavy atom. The van der Waals surface area contributed by atoms with Crippen molar-refractivity contribution in [2.75, 3.05) is 6.61 Å². The van der Waals surface area contributed by atoms with Gasteiger partial charge in [0.05, 0.1) is 25.0 Å². The molecule has 2 radical (unpaired) electrons. The van der Waals surface area contributed by atoms with Crippen LogP contribution in [0.4, 0.5) is 0 Å². The van der Waals surface area contributed by atoms with Crippen molar-refractivity contribution in [3.05, 3.63) is 72.3 Å². The molecule has 4 nitrogen and oxygen atoms in total. The van der Waals surface area contributed by atoms with Crippen LogP contribution in [0.1, 0.15) is 30.4 Å². The minimum absolute atomic E-state index is 0.0602. The molecule has 1 saturated heterocycles. The number of fused-ring (bicyclic) bond motifs is 2. The standard InChI is InChI=1S/C29H28BN2O2P/c1-3-18-4-6-19(7-5-18)20-8-10-21(11-9-20)24-17(2)16-22-25(26(24)35)32-28(31-22)34-23-12-13-29(30)14-15-33-27(23)29/h3-11,16,23,27H,1,12-15,35H2,2H3,(H,31,32)/t23-,27?,29?/m1/s1. The van der Waals surface area contributed by atoms with Gasteiger partial charge in [0.2, 0.25) is 0 Å². The van der Waals surface area contributed by atoms with Crippen molar-refractivity contribution in [2.24, 2.45) is 0 Å². The normalized spacial score (nSPS) is 23.5. The number of aromatic amines is 1. The molecule has 6 heteroatoms. The minimum atomic E-state index is -0.258. The number of imidazole rings is 1. The van der Waals surface area contributed by atoms with E-state index in [1.54, 1.807) is 0 Å². The van der Waals surface area contributed by atoms with Gasteiger partial charge in [0, 0.05) is 11.9 Å². The minimum Gasteiger partial charge on any atom is -0.459 e. The van der Waals surface area contributed by atoms with E-state index >= 15 is 0 Å². The number of ether oxygens (including phenoxy) is 2. The van der Waals surface area contributed by atoms with E-state index in [0.717, 1.165) is 46.7 Å². The van der Waals surface area contributed by atoms with Crippen molar-refractivity contribution in [2.45, 2.75) is 43.7 Å². The molecule has 1 aromatic heterocycles. The lowest BCUT2D eigenvalue weighted by Gasteiger charge is -2.24. The summed E-state index contributed by atoms with van der Waals surface area (Å²) in [6.07, 6.45) is 4.45. The van der Waals surface area contributed by atoms with E-state index in [0.29, 0.717) is 12.6 Å². The number of H-pyrrole nitrogens is 1. The summed E-state index contributed by atoms with van der Waals surface area (Å²) >= 11 is 0.